The van der Waals surface area contributed by atoms with Crippen LogP contribution in [0.25, 0.3) is 34.0 Å². The van der Waals surface area contributed by atoms with Crippen molar-refractivity contribution in [1.82, 2.24) is 9.97 Å². The molecule has 4 rings (SSSR count). The molecular formula is C14H8N2O2. The maximum atomic E-state index is 9.49. The number of aromatic nitrogens is 2. The minimum absolute atomic E-state index is 0.436. The fourth-order valence-electron chi connectivity index (χ4n) is 2.49. The van der Waals surface area contributed by atoms with Crippen LogP contribution in [0.1, 0.15) is 11.1 Å². The number of rotatable bonds is 0. The average molecular weight is 236 g/mol. The van der Waals surface area contributed by atoms with Crippen LogP contribution in [0.2, 0.25) is 0 Å². The Morgan fingerprint density at radius 2 is 1.67 bits per heavy atom. The monoisotopic (exact) mass is 236 g/mol. The third-order valence-corrected chi connectivity index (χ3v) is 3.26. The van der Waals surface area contributed by atoms with Gasteiger partial charge in [-0.2, -0.15) is 0 Å². The van der Waals surface area contributed by atoms with Crippen LogP contribution in [0.3, 0.4) is 0 Å². The summed E-state index contributed by atoms with van der Waals surface area (Å²) in [6, 6.07) is 7.80. The fraction of sp³-hybridized carbons (Fsp3) is 0. The Balaban J connectivity index is 2.31. The van der Waals surface area contributed by atoms with Gasteiger partial charge < -0.3 is 10.2 Å². The Kier molecular flexibility index (Phi) is 1.56. The lowest BCUT2D eigenvalue weighted by Crippen LogP contribution is -1.89. The molecule has 2 N–H and O–H groups in total. The van der Waals surface area contributed by atoms with Crippen molar-refractivity contribution in [3.8, 4) is 11.8 Å². The molecular weight excluding hydrogens is 228 g/mol. The summed E-state index contributed by atoms with van der Waals surface area (Å²) < 4.78 is 0. The van der Waals surface area contributed by atoms with Crippen LogP contribution in [0.5, 0.6) is 11.8 Å². The Hall–Kier alpha value is -2.62. The van der Waals surface area contributed by atoms with E-state index in [1.54, 1.807) is 0 Å². The van der Waals surface area contributed by atoms with Crippen molar-refractivity contribution in [1.29, 1.82) is 0 Å². The van der Waals surface area contributed by atoms with Crippen molar-refractivity contribution in [2.75, 3.05) is 0 Å². The van der Waals surface area contributed by atoms with E-state index in [1.165, 1.54) is 0 Å². The van der Waals surface area contributed by atoms with Crippen molar-refractivity contribution in [3.05, 3.63) is 35.4 Å². The highest BCUT2D eigenvalue weighted by Gasteiger charge is 2.15. The lowest BCUT2D eigenvalue weighted by atomic mass is 10.0. The van der Waals surface area contributed by atoms with Gasteiger partial charge in [-0.1, -0.05) is 30.4 Å². The second-order valence-electron chi connectivity index (χ2n) is 4.31. The van der Waals surface area contributed by atoms with E-state index in [4.69, 9.17) is 0 Å². The second-order valence-corrected chi connectivity index (χ2v) is 4.31. The Bertz CT molecular complexity index is 853. The van der Waals surface area contributed by atoms with E-state index < -0.39 is 11.8 Å². The average Bonchev–Trinajstić information content (AvgIpc) is 2.77. The molecule has 0 radical (unpaired) electrons. The molecule has 18 heavy (non-hydrogen) atoms. The van der Waals surface area contributed by atoms with Crippen LogP contribution in [-0.2, 0) is 0 Å². The van der Waals surface area contributed by atoms with Crippen molar-refractivity contribution in [2.45, 2.75) is 0 Å². The standard InChI is InChI=1S/C14H8N2O2/c17-13-14(18)16-12-9-3-1-2-7-4-5-8(11(7)9)6-10(12)15-13/h1-6H,(H,15,17)(H,16,18). The topological polar surface area (TPSA) is 66.2 Å². The highest BCUT2D eigenvalue weighted by Crippen LogP contribution is 2.36. The zero-order valence-electron chi connectivity index (χ0n) is 9.25. The first kappa shape index (κ1) is 9.41. The summed E-state index contributed by atoms with van der Waals surface area (Å²) in [5.74, 6) is -0.874. The first-order valence-electron chi connectivity index (χ1n) is 5.57. The van der Waals surface area contributed by atoms with E-state index in [9.17, 15) is 10.2 Å². The van der Waals surface area contributed by atoms with Gasteiger partial charge in [0.15, 0.2) is 0 Å². The number of hydrogen-bond acceptors (Lipinski definition) is 4. The van der Waals surface area contributed by atoms with Gasteiger partial charge in [0.2, 0.25) is 0 Å². The summed E-state index contributed by atoms with van der Waals surface area (Å²) in [6.45, 7) is 0. The molecule has 2 aromatic carbocycles. The van der Waals surface area contributed by atoms with Gasteiger partial charge in [-0.15, -0.1) is 0 Å². The highest BCUT2D eigenvalue weighted by atomic mass is 16.3. The minimum Gasteiger partial charge on any atom is -0.489 e. The summed E-state index contributed by atoms with van der Waals surface area (Å²) >= 11 is 0. The van der Waals surface area contributed by atoms with Gasteiger partial charge in [-0.25, -0.2) is 9.97 Å². The second kappa shape index (κ2) is 2.98. The van der Waals surface area contributed by atoms with Gasteiger partial charge in [0.25, 0.3) is 11.8 Å². The molecule has 3 aromatic rings. The molecule has 1 heterocycles. The van der Waals surface area contributed by atoms with Crippen molar-refractivity contribution in [3.63, 3.8) is 0 Å². The van der Waals surface area contributed by atoms with Gasteiger partial charge in [0, 0.05) is 5.39 Å². The SMILES string of the molecule is Oc1nc2cc3c4c(cccc4c2nc1O)C=C3. The lowest BCUT2D eigenvalue weighted by molar-refractivity contribution is 0.378. The first-order valence-corrected chi connectivity index (χ1v) is 5.57. The molecule has 1 aliphatic rings. The first-order chi connectivity index (χ1) is 8.74. The van der Waals surface area contributed by atoms with Crippen molar-refractivity contribution < 1.29 is 10.2 Å². The molecule has 0 saturated heterocycles. The predicted molar refractivity (Wildman–Crippen MR) is 69.3 cm³/mol. The normalized spacial score (nSPS) is 12.7. The summed E-state index contributed by atoms with van der Waals surface area (Å²) in [5, 5.41) is 21.0. The van der Waals surface area contributed by atoms with Crippen LogP contribution < -0.4 is 0 Å². The van der Waals surface area contributed by atoms with Gasteiger partial charge in [-0.05, 0) is 22.6 Å². The summed E-state index contributed by atoms with van der Waals surface area (Å²) in [7, 11) is 0. The molecule has 0 amide bonds. The molecule has 86 valence electrons. The van der Waals surface area contributed by atoms with Gasteiger partial charge in [0.05, 0.1) is 5.52 Å². The molecule has 0 bridgehead atoms. The van der Waals surface area contributed by atoms with Crippen LogP contribution in [0.4, 0.5) is 0 Å². The summed E-state index contributed by atoms with van der Waals surface area (Å²) in [4.78, 5) is 7.99. The Morgan fingerprint density at radius 1 is 0.889 bits per heavy atom. The quantitative estimate of drug-likeness (QED) is 0.461. The number of nitrogens with zero attached hydrogens (tertiary/aromatic N) is 2. The van der Waals surface area contributed by atoms with E-state index in [0.717, 1.165) is 21.9 Å². The van der Waals surface area contributed by atoms with Crippen LogP contribution in [0.15, 0.2) is 24.3 Å². The predicted octanol–water partition coefficient (Wildman–Crippen LogP) is 2.68. The number of fused-ring (bicyclic) bond motifs is 2. The molecule has 0 fully saturated rings. The molecule has 1 aliphatic carbocycles. The minimum atomic E-state index is -0.438. The molecule has 0 spiro atoms. The van der Waals surface area contributed by atoms with Crippen LogP contribution in [0, 0.1) is 0 Å². The maximum Gasteiger partial charge on any atom is 0.276 e. The zero-order chi connectivity index (χ0) is 12.3. The maximum absolute atomic E-state index is 9.49. The molecule has 0 atom stereocenters. The van der Waals surface area contributed by atoms with Gasteiger partial charge in [-0.3, -0.25) is 0 Å². The third-order valence-electron chi connectivity index (χ3n) is 3.26. The van der Waals surface area contributed by atoms with E-state index in [0.29, 0.717) is 11.0 Å². The molecule has 4 nitrogen and oxygen atoms in total. The molecule has 0 saturated carbocycles. The van der Waals surface area contributed by atoms with E-state index in [-0.39, 0.29) is 0 Å². The summed E-state index contributed by atoms with van der Waals surface area (Å²) in [6.07, 6.45) is 4.05. The summed E-state index contributed by atoms with van der Waals surface area (Å²) in [5.41, 5.74) is 3.39. The van der Waals surface area contributed by atoms with Crippen molar-refractivity contribution >= 4 is 34.0 Å². The van der Waals surface area contributed by atoms with Gasteiger partial charge >= 0.3 is 0 Å². The number of hydrogen-bond donors (Lipinski definition) is 2. The molecule has 4 heteroatoms. The molecule has 1 aromatic heterocycles. The van der Waals surface area contributed by atoms with E-state index in [1.807, 2.05) is 36.4 Å². The van der Waals surface area contributed by atoms with Gasteiger partial charge in [0.1, 0.15) is 5.52 Å². The zero-order valence-corrected chi connectivity index (χ0v) is 9.25. The smallest absolute Gasteiger partial charge is 0.276 e. The molecule has 0 aliphatic heterocycles. The van der Waals surface area contributed by atoms with Crippen LogP contribution in [-0.4, -0.2) is 20.2 Å². The Morgan fingerprint density at radius 3 is 2.56 bits per heavy atom. The molecule has 0 unspecified atom stereocenters. The van der Waals surface area contributed by atoms with Crippen molar-refractivity contribution in [2.24, 2.45) is 0 Å². The Labute approximate surface area is 102 Å². The van der Waals surface area contributed by atoms with E-state index >= 15 is 0 Å². The number of aromatic hydroxyl groups is 2. The highest BCUT2D eigenvalue weighted by molar-refractivity contribution is 6.14. The van der Waals surface area contributed by atoms with Crippen LogP contribution >= 0.6 is 0 Å². The third kappa shape index (κ3) is 1.04. The fourth-order valence-corrected chi connectivity index (χ4v) is 2.49. The lowest BCUT2D eigenvalue weighted by Gasteiger charge is -2.06. The van der Waals surface area contributed by atoms with E-state index in [2.05, 4.69) is 9.97 Å². The largest absolute Gasteiger partial charge is 0.489 e. The number of benzene rings is 2.